The highest BCUT2D eigenvalue weighted by atomic mass is 35.5. The zero-order valence-electron chi connectivity index (χ0n) is 9.09. The zero-order valence-corrected chi connectivity index (χ0v) is 9.85. The van der Waals surface area contributed by atoms with Crippen LogP contribution < -0.4 is 16.0 Å². The van der Waals surface area contributed by atoms with Crippen LogP contribution in [0.1, 0.15) is 5.56 Å². The SMILES string of the molecule is N#Cc1ccc(Oc2nc(NN)ncc2Cl)cc1. The summed E-state index contributed by atoms with van der Waals surface area (Å²) < 4.78 is 5.46. The Balaban J connectivity index is 2.25. The molecule has 6 nitrogen and oxygen atoms in total. The Morgan fingerprint density at radius 3 is 2.67 bits per heavy atom. The lowest BCUT2D eigenvalue weighted by Gasteiger charge is -2.07. The second-order valence-corrected chi connectivity index (χ2v) is 3.64. The highest BCUT2D eigenvalue weighted by molar-refractivity contribution is 6.31. The molecule has 7 heteroatoms. The van der Waals surface area contributed by atoms with Gasteiger partial charge in [0.25, 0.3) is 0 Å². The highest BCUT2D eigenvalue weighted by Gasteiger charge is 2.07. The zero-order chi connectivity index (χ0) is 13.0. The number of rotatable bonds is 3. The maximum absolute atomic E-state index is 8.68. The van der Waals surface area contributed by atoms with E-state index in [1.807, 2.05) is 6.07 Å². The number of aromatic nitrogens is 2. The number of halogens is 1. The normalized spacial score (nSPS) is 9.61. The summed E-state index contributed by atoms with van der Waals surface area (Å²) in [6.07, 6.45) is 1.38. The van der Waals surface area contributed by atoms with Gasteiger partial charge in [-0.05, 0) is 24.3 Å². The van der Waals surface area contributed by atoms with Gasteiger partial charge >= 0.3 is 0 Å². The van der Waals surface area contributed by atoms with Gasteiger partial charge in [-0.1, -0.05) is 11.6 Å². The Morgan fingerprint density at radius 2 is 2.06 bits per heavy atom. The number of nitrogens with two attached hydrogens (primary N) is 1. The van der Waals surface area contributed by atoms with Gasteiger partial charge in [-0.3, -0.25) is 5.43 Å². The summed E-state index contributed by atoms with van der Waals surface area (Å²) in [5.41, 5.74) is 2.84. The molecule has 0 aliphatic carbocycles. The second kappa shape index (κ2) is 5.31. The van der Waals surface area contributed by atoms with E-state index in [-0.39, 0.29) is 16.9 Å². The van der Waals surface area contributed by atoms with E-state index < -0.39 is 0 Å². The first-order chi connectivity index (χ1) is 8.72. The number of hydrazine groups is 1. The predicted molar refractivity (Wildman–Crippen MR) is 66.1 cm³/mol. The van der Waals surface area contributed by atoms with Crippen LogP contribution in [0.15, 0.2) is 30.5 Å². The maximum atomic E-state index is 8.68. The minimum Gasteiger partial charge on any atom is -0.437 e. The highest BCUT2D eigenvalue weighted by Crippen LogP contribution is 2.27. The average molecular weight is 262 g/mol. The van der Waals surface area contributed by atoms with Crippen molar-refractivity contribution >= 4 is 17.5 Å². The average Bonchev–Trinajstić information content (AvgIpc) is 2.42. The van der Waals surface area contributed by atoms with E-state index in [0.717, 1.165) is 0 Å². The third-order valence-corrected chi connectivity index (χ3v) is 2.30. The van der Waals surface area contributed by atoms with Crippen LogP contribution in [-0.4, -0.2) is 9.97 Å². The third-order valence-electron chi connectivity index (χ3n) is 2.04. The van der Waals surface area contributed by atoms with Crippen molar-refractivity contribution in [3.05, 3.63) is 41.0 Å². The van der Waals surface area contributed by atoms with E-state index >= 15 is 0 Å². The molecule has 0 aliphatic rings. The quantitative estimate of drug-likeness (QED) is 0.648. The number of anilines is 1. The van der Waals surface area contributed by atoms with E-state index in [1.165, 1.54) is 6.20 Å². The Labute approximate surface area is 108 Å². The number of hydrogen-bond donors (Lipinski definition) is 2. The first-order valence-corrected chi connectivity index (χ1v) is 5.28. The van der Waals surface area contributed by atoms with E-state index in [1.54, 1.807) is 24.3 Å². The monoisotopic (exact) mass is 261 g/mol. The van der Waals surface area contributed by atoms with Crippen LogP contribution in [0, 0.1) is 11.3 Å². The Morgan fingerprint density at radius 1 is 1.33 bits per heavy atom. The van der Waals surface area contributed by atoms with Crippen molar-refractivity contribution in [2.45, 2.75) is 0 Å². The molecule has 0 spiro atoms. The molecule has 3 N–H and O–H groups in total. The van der Waals surface area contributed by atoms with Crippen molar-refractivity contribution < 1.29 is 4.74 Å². The number of benzene rings is 1. The number of nitrogens with one attached hydrogen (secondary N) is 1. The fourth-order valence-electron chi connectivity index (χ4n) is 1.20. The molecule has 0 bridgehead atoms. The molecule has 0 atom stereocenters. The van der Waals surface area contributed by atoms with Gasteiger partial charge in [0, 0.05) is 0 Å². The number of ether oxygens (including phenoxy) is 1. The van der Waals surface area contributed by atoms with Gasteiger partial charge in [0.05, 0.1) is 17.8 Å². The van der Waals surface area contributed by atoms with Gasteiger partial charge in [0.2, 0.25) is 11.8 Å². The summed E-state index contributed by atoms with van der Waals surface area (Å²) in [6, 6.07) is 8.57. The molecule has 2 aromatic rings. The van der Waals surface area contributed by atoms with Crippen LogP contribution >= 0.6 is 11.6 Å². The maximum Gasteiger partial charge on any atom is 0.243 e. The minimum atomic E-state index is 0.185. The molecule has 1 aromatic carbocycles. The van der Waals surface area contributed by atoms with Gasteiger partial charge in [-0.2, -0.15) is 10.2 Å². The summed E-state index contributed by atoms with van der Waals surface area (Å²) >= 11 is 5.89. The molecule has 0 unspecified atom stereocenters. The standard InChI is InChI=1S/C11H8ClN5O/c12-9-6-15-11(17-14)16-10(9)18-8-3-1-7(5-13)2-4-8/h1-4,6H,14H2,(H,15,16,17). The molecule has 90 valence electrons. The molecule has 0 saturated carbocycles. The Hall–Kier alpha value is -2.36. The molecule has 0 aliphatic heterocycles. The van der Waals surface area contributed by atoms with Gasteiger partial charge in [-0.25, -0.2) is 10.8 Å². The van der Waals surface area contributed by atoms with E-state index in [4.69, 9.17) is 27.4 Å². The number of nitrogen functional groups attached to an aromatic ring is 1. The fraction of sp³-hybridized carbons (Fsp3) is 0. The molecule has 0 radical (unpaired) electrons. The molecule has 0 saturated heterocycles. The van der Waals surface area contributed by atoms with E-state index in [0.29, 0.717) is 11.3 Å². The van der Waals surface area contributed by atoms with Crippen molar-refractivity contribution in [1.29, 1.82) is 5.26 Å². The van der Waals surface area contributed by atoms with Gasteiger partial charge < -0.3 is 4.74 Å². The van der Waals surface area contributed by atoms with Crippen LogP contribution in [0.5, 0.6) is 11.6 Å². The van der Waals surface area contributed by atoms with Crippen LogP contribution in [0.25, 0.3) is 0 Å². The number of nitriles is 1. The number of hydrogen-bond acceptors (Lipinski definition) is 6. The Kier molecular flexibility index (Phi) is 3.57. The van der Waals surface area contributed by atoms with Crippen molar-refractivity contribution in [2.24, 2.45) is 5.84 Å². The van der Waals surface area contributed by atoms with Crippen LogP contribution in [0.3, 0.4) is 0 Å². The molecular weight excluding hydrogens is 254 g/mol. The third kappa shape index (κ3) is 2.66. The lowest BCUT2D eigenvalue weighted by atomic mass is 10.2. The molecule has 0 amide bonds. The number of nitrogens with zero attached hydrogens (tertiary/aromatic N) is 3. The van der Waals surface area contributed by atoms with Crippen molar-refractivity contribution in [2.75, 3.05) is 5.43 Å². The summed E-state index contributed by atoms with van der Waals surface area (Å²) in [4.78, 5) is 7.79. The summed E-state index contributed by atoms with van der Waals surface area (Å²) in [5, 5.41) is 8.94. The van der Waals surface area contributed by atoms with Gasteiger partial charge in [-0.15, -0.1) is 0 Å². The van der Waals surface area contributed by atoms with Gasteiger partial charge in [0.15, 0.2) is 0 Å². The molecule has 0 fully saturated rings. The van der Waals surface area contributed by atoms with E-state index in [9.17, 15) is 0 Å². The predicted octanol–water partition coefficient (Wildman–Crippen LogP) is 2.08. The summed E-state index contributed by atoms with van der Waals surface area (Å²) in [5.74, 6) is 6.08. The Bertz CT molecular complexity index is 593. The molecule has 1 heterocycles. The minimum absolute atomic E-state index is 0.185. The molecule has 1 aromatic heterocycles. The van der Waals surface area contributed by atoms with Crippen LogP contribution in [-0.2, 0) is 0 Å². The fourth-order valence-corrected chi connectivity index (χ4v) is 1.33. The molecular formula is C11H8ClN5O. The molecule has 18 heavy (non-hydrogen) atoms. The molecule has 2 rings (SSSR count). The lowest BCUT2D eigenvalue weighted by Crippen LogP contribution is -2.10. The van der Waals surface area contributed by atoms with Crippen LogP contribution in [0.2, 0.25) is 5.02 Å². The first kappa shape index (κ1) is 12.1. The topological polar surface area (TPSA) is 96.8 Å². The largest absolute Gasteiger partial charge is 0.437 e. The van der Waals surface area contributed by atoms with Gasteiger partial charge in [0.1, 0.15) is 10.8 Å². The smallest absolute Gasteiger partial charge is 0.243 e. The van der Waals surface area contributed by atoms with Crippen molar-refractivity contribution in [3.63, 3.8) is 0 Å². The summed E-state index contributed by atoms with van der Waals surface area (Å²) in [7, 11) is 0. The first-order valence-electron chi connectivity index (χ1n) is 4.90. The van der Waals surface area contributed by atoms with E-state index in [2.05, 4.69) is 15.4 Å². The van der Waals surface area contributed by atoms with Crippen LogP contribution in [0.4, 0.5) is 5.95 Å². The second-order valence-electron chi connectivity index (χ2n) is 3.23. The lowest BCUT2D eigenvalue weighted by molar-refractivity contribution is 0.462. The van der Waals surface area contributed by atoms with Crippen molar-refractivity contribution in [3.8, 4) is 17.7 Å². The van der Waals surface area contributed by atoms with Crippen molar-refractivity contribution in [1.82, 2.24) is 9.97 Å². The summed E-state index contributed by atoms with van der Waals surface area (Å²) in [6.45, 7) is 0.